The van der Waals surface area contributed by atoms with Gasteiger partial charge in [-0.3, -0.25) is 4.90 Å². The number of rotatable bonds is 6. The molecule has 0 aliphatic heterocycles. The normalized spacial score (nSPS) is 19.4. The maximum atomic E-state index is 10.9. The summed E-state index contributed by atoms with van der Waals surface area (Å²) in [5, 5.41) is 8.93. The van der Waals surface area contributed by atoms with Gasteiger partial charge < -0.3 is 9.52 Å². The van der Waals surface area contributed by atoms with Gasteiger partial charge in [-0.25, -0.2) is 4.79 Å². The minimum absolute atomic E-state index is 0.0599. The molecular weight excluding hydrogens is 230 g/mol. The third kappa shape index (κ3) is 2.58. The van der Waals surface area contributed by atoms with Crippen LogP contribution in [0.5, 0.6) is 0 Å². The van der Waals surface area contributed by atoms with Gasteiger partial charge in [0.05, 0.1) is 0 Å². The van der Waals surface area contributed by atoms with Gasteiger partial charge in [-0.15, -0.1) is 0 Å². The number of hydrogen-bond acceptors (Lipinski definition) is 3. The van der Waals surface area contributed by atoms with Gasteiger partial charge in [0, 0.05) is 24.7 Å². The van der Waals surface area contributed by atoms with Crippen LogP contribution in [0.1, 0.15) is 47.6 Å². The molecule has 2 fully saturated rings. The van der Waals surface area contributed by atoms with E-state index in [9.17, 15) is 4.79 Å². The van der Waals surface area contributed by atoms with Gasteiger partial charge in [-0.05, 0) is 44.6 Å². The van der Waals surface area contributed by atoms with Crippen LogP contribution >= 0.6 is 0 Å². The van der Waals surface area contributed by atoms with Gasteiger partial charge in [0.25, 0.3) is 0 Å². The molecule has 0 atom stereocenters. The zero-order valence-electron chi connectivity index (χ0n) is 10.7. The molecule has 0 spiro atoms. The zero-order valence-corrected chi connectivity index (χ0v) is 10.7. The van der Waals surface area contributed by atoms with E-state index in [0.29, 0.717) is 6.04 Å². The fourth-order valence-electron chi connectivity index (χ4n) is 2.42. The predicted octanol–water partition coefficient (Wildman–Crippen LogP) is 2.66. The van der Waals surface area contributed by atoms with Crippen LogP contribution in [0.3, 0.4) is 0 Å². The summed E-state index contributed by atoms with van der Waals surface area (Å²) in [7, 11) is 0. The van der Waals surface area contributed by atoms with E-state index in [-0.39, 0.29) is 5.76 Å². The lowest BCUT2D eigenvalue weighted by Crippen LogP contribution is -2.27. The molecular formula is C14H19NO3. The molecule has 0 bridgehead atoms. The number of nitrogens with zero attached hydrogens (tertiary/aromatic N) is 1. The quantitative estimate of drug-likeness (QED) is 0.842. The molecule has 2 aliphatic carbocycles. The Labute approximate surface area is 107 Å². The standard InChI is InChI=1S/C14H19NO3/c1-9-11(6-13(18-9)14(16)17)8-15(12-4-5-12)7-10-2-3-10/h6,10,12H,2-5,7-8H2,1H3,(H,16,17). The second-order valence-electron chi connectivity index (χ2n) is 5.60. The highest BCUT2D eigenvalue weighted by Gasteiger charge is 2.34. The number of carboxylic acid groups (broad SMARTS) is 1. The Bertz CT molecular complexity index is 458. The largest absolute Gasteiger partial charge is 0.475 e. The number of carboxylic acids is 1. The average Bonchev–Trinajstić information content (AvgIpc) is 3.20. The lowest BCUT2D eigenvalue weighted by atomic mass is 10.2. The molecule has 1 aromatic rings. The maximum absolute atomic E-state index is 10.9. The highest BCUT2D eigenvalue weighted by Crippen LogP contribution is 2.36. The molecule has 0 aromatic carbocycles. The number of aromatic carboxylic acids is 1. The number of aryl methyl sites for hydroxylation is 1. The molecule has 98 valence electrons. The third-order valence-electron chi connectivity index (χ3n) is 3.86. The SMILES string of the molecule is Cc1oc(C(=O)O)cc1CN(CC1CC1)C1CC1. The van der Waals surface area contributed by atoms with Crippen LogP contribution < -0.4 is 0 Å². The Morgan fingerprint density at radius 2 is 2.17 bits per heavy atom. The Morgan fingerprint density at radius 3 is 2.67 bits per heavy atom. The summed E-state index contributed by atoms with van der Waals surface area (Å²) >= 11 is 0. The first kappa shape index (κ1) is 11.8. The van der Waals surface area contributed by atoms with E-state index in [1.807, 2.05) is 6.92 Å². The monoisotopic (exact) mass is 249 g/mol. The first-order valence-electron chi connectivity index (χ1n) is 6.70. The van der Waals surface area contributed by atoms with E-state index >= 15 is 0 Å². The molecule has 0 radical (unpaired) electrons. The van der Waals surface area contributed by atoms with E-state index in [2.05, 4.69) is 4.90 Å². The summed E-state index contributed by atoms with van der Waals surface area (Å²) in [5.41, 5.74) is 1.03. The fraction of sp³-hybridized carbons (Fsp3) is 0.643. The number of carbonyl (C=O) groups is 1. The van der Waals surface area contributed by atoms with Gasteiger partial charge in [-0.2, -0.15) is 0 Å². The highest BCUT2D eigenvalue weighted by molar-refractivity contribution is 5.84. The zero-order chi connectivity index (χ0) is 12.7. The van der Waals surface area contributed by atoms with Gasteiger partial charge in [0.2, 0.25) is 5.76 Å². The Morgan fingerprint density at radius 1 is 1.44 bits per heavy atom. The number of hydrogen-bond donors (Lipinski definition) is 1. The highest BCUT2D eigenvalue weighted by atomic mass is 16.4. The fourth-order valence-corrected chi connectivity index (χ4v) is 2.42. The van der Waals surface area contributed by atoms with Gasteiger partial charge in [-0.1, -0.05) is 0 Å². The van der Waals surface area contributed by atoms with Crippen molar-refractivity contribution in [3.05, 3.63) is 23.2 Å². The molecule has 3 rings (SSSR count). The molecule has 18 heavy (non-hydrogen) atoms. The molecule has 2 saturated carbocycles. The smallest absolute Gasteiger partial charge is 0.371 e. The summed E-state index contributed by atoms with van der Waals surface area (Å²) in [5.74, 6) is 0.694. The summed E-state index contributed by atoms with van der Waals surface area (Å²) in [6.45, 7) is 3.85. The average molecular weight is 249 g/mol. The molecule has 0 unspecified atom stereocenters. The number of furan rings is 1. The topological polar surface area (TPSA) is 53.7 Å². The van der Waals surface area contributed by atoms with Crippen molar-refractivity contribution in [2.75, 3.05) is 6.54 Å². The summed E-state index contributed by atoms with van der Waals surface area (Å²) in [6.07, 6.45) is 5.28. The van der Waals surface area contributed by atoms with Gasteiger partial charge in [0.1, 0.15) is 5.76 Å². The van der Waals surface area contributed by atoms with Crippen LogP contribution in [0.2, 0.25) is 0 Å². The van der Waals surface area contributed by atoms with Crippen molar-refractivity contribution in [3.8, 4) is 0 Å². The van der Waals surface area contributed by atoms with Crippen LogP contribution in [-0.2, 0) is 6.54 Å². The van der Waals surface area contributed by atoms with Gasteiger partial charge >= 0.3 is 5.97 Å². The van der Waals surface area contributed by atoms with Crippen LogP contribution in [-0.4, -0.2) is 28.6 Å². The Balaban J connectivity index is 1.70. The maximum Gasteiger partial charge on any atom is 0.371 e. The van der Waals surface area contributed by atoms with Crippen molar-refractivity contribution >= 4 is 5.97 Å². The third-order valence-corrected chi connectivity index (χ3v) is 3.86. The van der Waals surface area contributed by atoms with Crippen molar-refractivity contribution in [1.29, 1.82) is 0 Å². The van der Waals surface area contributed by atoms with Crippen molar-refractivity contribution in [3.63, 3.8) is 0 Å². The predicted molar refractivity (Wildman–Crippen MR) is 66.6 cm³/mol. The lowest BCUT2D eigenvalue weighted by molar-refractivity contribution is 0.0661. The second-order valence-corrected chi connectivity index (χ2v) is 5.60. The first-order valence-corrected chi connectivity index (χ1v) is 6.70. The van der Waals surface area contributed by atoms with Gasteiger partial charge in [0.15, 0.2) is 0 Å². The van der Waals surface area contributed by atoms with Crippen molar-refractivity contribution in [2.45, 2.75) is 45.2 Å². The van der Waals surface area contributed by atoms with E-state index in [1.165, 1.54) is 25.7 Å². The van der Waals surface area contributed by atoms with E-state index in [1.54, 1.807) is 6.07 Å². The first-order chi connectivity index (χ1) is 8.63. The molecule has 4 nitrogen and oxygen atoms in total. The molecule has 0 amide bonds. The lowest BCUT2D eigenvalue weighted by Gasteiger charge is -2.21. The van der Waals surface area contributed by atoms with Crippen LogP contribution in [0.15, 0.2) is 10.5 Å². The molecule has 1 heterocycles. The summed E-state index contributed by atoms with van der Waals surface area (Å²) in [4.78, 5) is 13.4. The van der Waals surface area contributed by atoms with E-state index in [0.717, 1.165) is 30.3 Å². The molecule has 1 N–H and O–H groups in total. The van der Waals surface area contributed by atoms with E-state index in [4.69, 9.17) is 9.52 Å². The van der Waals surface area contributed by atoms with Crippen LogP contribution in [0.25, 0.3) is 0 Å². The summed E-state index contributed by atoms with van der Waals surface area (Å²) < 4.78 is 5.27. The Hall–Kier alpha value is -1.29. The van der Waals surface area contributed by atoms with Crippen LogP contribution in [0, 0.1) is 12.8 Å². The van der Waals surface area contributed by atoms with Crippen molar-refractivity contribution in [2.24, 2.45) is 5.92 Å². The van der Waals surface area contributed by atoms with Crippen LogP contribution in [0.4, 0.5) is 0 Å². The van der Waals surface area contributed by atoms with Crippen molar-refractivity contribution in [1.82, 2.24) is 4.90 Å². The second kappa shape index (κ2) is 4.43. The Kier molecular flexibility index (Phi) is 2.90. The molecule has 0 saturated heterocycles. The minimum atomic E-state index is -0.982. The van der Waals surface area contributed by atoms with Crippen molar-refractivity contribution < 1.29 is 14.3 Å². The molecule has 4 heteroatoms. The summed E-state index contributed by atoms with van der Waals surface area (Å²) in [6, 6.07) is 2.40. The molecule has 1 aromatic heterocycles. The molecule has 2 aliphatic rings. The minimum Gasteiger partial charge on any atom is -0.475 e. The van der Waals surface area contributed by atoms with E-state index < -0.39 is 5.97 Å².